The summed E-state index contributed by atoms with van der Waals surface area (Å²) in [7, 11) is -2.06. The molecule has 0 amide bonds. The number of carbonyl (C=O) groups excluding carboxylic acids is 1. The first-order valence-corrected chi connectivity index (χ1v) is 8.76. The van der Waals surface area contributed by atoms with Gasteiger partial charge in [-0.3, -0.25) is 4.79 Å². The number of hydrogen-bond acceptors (Lipinski definition) is 5. The first-order chi connectivity index (χ1) is 9.75. The minimum absolute atomic E-state index is 0.0267. The summed E-state index contributed by atoms with van der Waals surface area (Å²) in [6.45, 7) is 0. The van der Waals surface area contributed by atoms with Gasteiger partial charge in [-0.1, -0.05) is 11.6 Å². The number of esters is 1. The summed E-state index contributed by atoms with van der Waals surface area (Å²) in [5.41, 5.74) is 6.22. The Kier molecular flexibility index (Phi) is 4.49. The third-order valence-electron chi connectivity index (χ3n) is 3.71. The van der Waals surface area contributed by atoms with Crippen LogP contribution in [0.5, 0.6) is 0 Å². The molecule has 2 N–H and O–H groups in total. The molecule has 0 spiro atoms. The molecule has 5 nitrogen and oxygen atoms in total. The zero-order valence-electron chi connectivity index (χ0n) is 11.8. The SMILES string of the molecule is COC(=O)CC1(CS(=O)(=O)Cc2cc(Cl)ccc2N)CC1. The second kappa shape index (κ2) is 5.85. The number of rotatable bonds is 6. The zero-order valence-corrected chi connectivity index (χ0v) is 13.3. The summed E-state index contributed by atoms with van der Waals surface area (Å²) in [5, 5.41) is 0.449. The van der Waals surface area contributed by atoms with E-state index in [2.05, 4.69) is 4.74 Å². The van der Waals surface area contributed by atoms with Crippen LogP contribution in [0.3, 0.4) is 0 Å². The molecule has 0 unspecified atom stereocenters. The van der Waals surface area contributed by atoms with E-state index in [9.17, 15) is 13.2 Å². The molecule has 7 heteroatoms. The van der Waals surface area contributed by atoms with E-state index in [1.807, 2.05) is 0 Å². The second-order valence-corrected chi connectivity index (χ2v) is 8.13. The molecule has 0 radical (unpaired) electrons. The van der Waals surface area contributed by atoms with E-state index in [0.29, 0.717) is 16.3 Å². The summed E-state index contributed by atoms with van der Waals surface area (Å²) < 4.78 is 29.3. The molecule has 0 aromatic heterocycles. The molecular formula is C14H18ClNO4S. The molecule has 21 heavy (non-hydrogen) atoms. The van der Waals surface area contributed by atoms with Gasteiger partial charge < -0.3 is 10.5 Å². The van der Waals surface area contributed by atoms with Crippen LogP contribution in [0.2, 0.25) is 5.02 Å². The van der Waals surface area contributed by atoms with Gasteiger partial charge in [-0.15, -0.1) is 0 Å². The molecule has 1 fully saturated rings. The van der Waals surface area contributed by atoms with Gasteiger partial charge in [-0.05, 0) is 42.0 Å². The maximum absolute atomic E-state index is 12.3. The molecule has 1 aliphatic carbocycles. The quantitative estimate of drug-likeness (QED) is 0.637. The van der Waals surface area contributed by atoms with Crippen molar-refractivity contribution in [2.75, 3.05) is 18.6 Å². The molecule has 1 aliphatic rings. The van der Waals surface area contributed by atoms with Crippen LogP contribution in [0.25, 0.3) is 0 Å². The Bertz CT molecular complexity index is 653. The van der Waals surface area contributed by atoms with Crippen molar-refractivity contribution in [3.63, 3.8) is 0 Å². The number of sulfone groups is 1. The molecule has 1 aromatic rings. The van der Waals surface area contributed by atoms with Crippen molar-refractivity contribution in [2.45, 2.75) is 25.0 Å². The van der Waals surface area contributed by atoms with Crippen molar-refractivity contribution in [3.8, 4) is 0 Å². The van der Waals surface area contributed by atoms with Crippen LogP contribution in [-0.2, 0) is 25.1 Å². The van der Waals surface area contributed by atoms with Crippen molar-refractivity contribution in [1.29, 1.82) is 0 Å². The topological polar surface area (TPSA) is 86.5 Å². The van der Waals surface area contributed by atoms with Crippen molar-refractivity contribution in [3.05, 3.63) is 28.8 Å². The van der Waals surface area contributed by atoms with Crippen molar-refractivity contribution < 1.29 is 17.9 Å². The van der Waals surface area contributed by atoms with Crippen LogP contribution in [0.15, 0.2) is 18.2 Å². The van der Waals surface area contributed by atoms with Gasteiger partial charge in [0.05, 0.1) is 25.0 Å². The number of hydrogen-bond donors (Lipinski definition) is 1. The molecule has 0 saturated heterocycles. The summed E-state index contributed by atoms with van der Waals surface area (Å²) in [6.07, 6.45) is 1.60. The van der Waals surface area contributed by atoms with E-state index in [-0.39, 0.29) is 23.9 Å². The Morgan fingerprint density at radius 3 is 2.67 bits per heavy atom. The van der Waals surface area contributed by atoms with Gasteiger partial charge in [-0.2, -0.15) is 0 Å². The fourth-order valence-corrected chi connectivity index (χ4v) is 4.73. The zero-order chi connectivity index (χ0) is 15.7. The van der Waals surface area contributed by atoms with E-state index in [1.165, 1.54) is 7.11 Å². The molecule has 0 aliphatic heterocycles. The van der Waals surface area contributed by atoms with Crippen molar-refractivity contribution in [2.24, 2.45) is 5.41 Å². The number of anilines is 1. The minimum atomic E-state index is -3.37. The first-order valence-electron chi connectivity index (χ1n) is 6.56. The van der Waals surface area contributed by atoms with E-state index in [1.54, 1.807) is 18.2 Å². The van der Waals surface area contributed by atoms with E-state index in [4.69, 9.17) is 17.3 Å². The number of carbonyl (C=O) groups is 1. The molecular weight excluding hydrogens is 314 g/mol. The minimum Gasteiger partial charge on any atom is -0.469 e. The Balaban J connectivity index is 2.09. The molecule has 0 heterocycles. The van der Waals surface area contributed by atoms with Crippen molar-refractivity contribution >= 4 is 33.1 Å². The predicted octanol–water partition coefficient (Wildman–Crippen LogP) is 2.18. The molecule has 0 bridgehead atoms. The standard InChI is InChI=1S/C14H18ClNO4S/c1-20-13(17)7-14(4-5-14)9-21(18,19)8-10-6-11(15)2-3-12(10)16/h2-3,6H,4-5,7-9,16H2,1H3. The molecule has 116 valence electrons. The summed E-state index contributed by atoms with van der Waals surface area (Å²) in [4.78, 5) is 11.4. The summed E-state index contributed by atoms with van der Waals surface area (Å²) >= 11 is 5.87. The Hall–Kier alpha value is -1.27. The fourth-order valence-electron chi connectivity index (χ4n) is 2.38. The van der Waals surface area contributed by atoms with Crippen LogP contribution in [0, 0.1) is 5.41 Å². The molecule has 1 aromatic carbocycles. The third kappa shape index (κ3) is 4.35. The highest BCUT2D eigenvalue weighted by Crippen LogP contribution is 2.50. The highest BCUT2D eigenvalue weighted by molar-refractivity contribution is 7.90. The number of benzene rings is 1. The molecule has 0 atom stereocenters. The van der Waals surface area contributed by atoms with E-state index >= 15 is 0 Å². The lowest BCUT2D eigenvalue weighted by Gasteiger charge is -2.14. The predicted molar refractivity (Wildman–Crippen MR) is 81.7 cm³/mol. The monoisotopic (exact) mass is 331 g/mol. The van der Waals surface area contributed by atoms with Gasteiger partial charge in [0.1, 0.15) is 0 Å². The average molecular weight is 332 g/mol. The maximum Gasteiger partial charge on any atom is 0.306 e. The third-order valence-corrected chi connectivity index (χ3v) is 5.75. The van der Waals surface area contributed by atoms with Gasteiger partial charge in [0, 0.05) is 10.7 Å². The smallest absolute Gasteiger partial charge is 0.306 e. The highest BCUT2D eigenvalue weighted by Gasteiger charge is 2.47. The summed E-state index contributed by atoms with van der Waals surface area (Å²) in [6, 6.07) is 4.77. The lowest BCUT2D eigenvalue weighted by molar-refractivity contribution is -0.141. The number of nitrogens with two attached hydrogens (primary N) is 1. The Morgan fingerprint density at radius 1 is 1.43 bits per heavy atom. The average Bonchev–Trinajstić information content (AvgIpc) is 3.11. The van der Waals surface area contributed by atoms with Crippen LogP contribution < -0.4 is 5.73 Å². The van der Waals surface area contributed by atoms with Gasteiger partial charge in [0.2, 0.25) is 0 Å². The lowest BCUT2D eigenvalue weighted by Crippen LogP contribution is -2.22. The normalized spacial score (nSPS) is 16.5. The lowest BCUT2D eigenvalue weighted by atomic mass is 10.1. The van der Waals surface area contributed by atoms with Crippen molar-refractivity contribution in [1.82, 2.24) is 0 Å². The van der Waals surface area contributed by atoms with E-state index < -0.39 is 15.3 Å². The van der Waals surface area contributed by atoms with Gasteiger partial charge >= 0.3 is 5.97 Å². The second-order valence-electron chi connectivity index (χ2n) is 5.63. The summed E-state index contributed by atoms with van der Waals surface area (Å²) in [5.74, 6) is -0.562. The van der Waals surface area contributed by atoms with Gasteiger partial charge in [0.25, 0.3) is 0 Å². The molecule has 1 saturated carbocycles. The Morgan fingerprint density at radius 2 is 2.10 bits per heavy atom. The number of methoxy groups -OCH3 is 1. The molecule has 2 rings (SSSR count). The first kappa shape index (κ1) is 16.1. The Labute approximate surface area is 129 Å². The van der Waals surface area contributed by atoms with Gasteiger partial charge in [-0.25, -0.2) is 8.42 Å². The highest BCUT2D eigenvalue weighted by atomic mass is 35.5. The largest absolute Gasteiger partial charge is 0.469 e. The van der Waals surface area contributed by atoms with Gasteiger partial charge in [0.15, 0.2) is 9.84 Å². The van der Waals surface area contributed by atoms with Crippen LogP contribution in [-0.4, -0.2) is 27.2 Å². The van der Waals surface area contributed by atoms with E-state index in [0.717, 1.165) is 12.8 Å². The number of halogens is 1. The van der Waals surface area contributed by atoms with Crippen LogP contribution in [0.4, 0.5) is 5.69 Å². The number of nitrogen functional groups attached to an aromatic ring is 1. The maximum atomic E-state index is 12.3. The fraction of sp³-hybridized carbons (Fsp3) is 0.500. The number of ether oxygens (including phenoxy) is 1. The van der Waals surface area contributed by atoms with Crippen LogP contribution >= 0.6 is 11.6 Å². The van der Waals surface area contributed by atoms with Crippen LogP contribution in [0.1, 0.15) is 24.8 Å².